The number of halogens is 2. The number of amides is 2. The van der Waals surface area contributed by atoms with Crippen molar-refractivity contribution in [3.63, 3.8) is 0 Å². The van der Waals surface area contributed by atoms with Crippen LogP contribution in [0.3, 0.4) is 0 Å². The van der Waals surface area contributed by atoms with Gasteiger partial charge in [-0.3, -0.25) is 4.68 Å². The van der Waals surface area contributed by atoms with E-state index in [0.717, 1.165) is 4.68 Å². The Morgan fingerprint density at radius 3 is 2.89 bits per heavy atom. The van der Waals surface area contributed by atoms with Gasteiger partial charge in [0.15, 0.2) is 0 Å². The Balaban J connectivity index is 2.45. The Labute approximate surface area is 110 Å². The number of anilines is 1. The number of aliphatic hydroxyl groups is 1. The van der Waals surface area contributed by atoms with Crippen LogP contribution in [0.4, 0.5) is 19.3 Å². The van der Waals surface area contributed by atoms with Crippen LogP contribution in [0.15, 0.2) is 12.4 Å². The molecule has 6 nitrogen and oxygen atoms in total. The van der Waals surface area contributed by atoms with Gasteiger partial charge < -0.3 is 15.3 Å². The van der Waals surface area contributed by atoms with Crippen LogP contribution in [0.1, 0.15) is 13.3 Å². The van der Waals surface area contributed by atoms with Gasteiger partial charge in [-0.1, -0.05) is 0 Å². The Bertz CT molecular complexity index is 409. The van der Waals surface area contributed by atoms with Gasteiger partial charge in [-0.05, 0) is 13.3 Å². The molecule has 0 bridgehead atoms. The molecule has 1 rings (SSSR count). The Hall–Kier alpha value is -1.70. The maximum Gasteiger partial charge on any atom is 0.321 e. The number of carbonyl (C=O) groups excluding carboxylic acids is 1. The summed E-state index contributed by atoms with van der Waals surface area (Å²) in [4.78, 5) is 13.1. The first-order valence-electron chi connectivity index (χ1n) is 5.89. The van der Waals surface area contributed by atoms with Crippen LogP contribution in [-0.4, -0.2) is 51.9 Å². The van der Waals surface area contributed by atoms with Crippen LogP contribution in [0.2, 0.25) is 0 Å². The molecule has 0 saturated carbocycles. The molecule has 0 fully saturated rings. The molecule has 0 spiro atoms. The van der Waals surface area contributed by atoms with Crippen LogP contribution >= 0.6 is 0 Å². The molecule has 0 aliphatic carbocycles. The molecule has 1 unspecified atom stereocenters. The van der Waals surface area contributed by atoms with E-state index in [9.17, 15) is 13.6 Å². The number of alkyl halides is 2. The van der Waals surface area contributed by atoms with Gasteiger partial charge in [0.1, 0.15) is 6.54 Å². The Morgan fingerprint density at radius 1 is 1.63 bits per heavy atom. The van der Waals surface area contributed by atoms with Crippen molar-refractivity contribution in [2.75, 3.05) is 18.9 Å². The van der Waals surface area contributed by atoms with Crippen molar-refractivity contribution >= 4 is 11.7 Å². The van der Waals surface area contributed by atoms with Gasteiger partial charge in [0, 0.05) is 19.8 Å². The zero-order valence-electron chi connectivity index (χ0n) is 10.9. The number of nitrogens with zero attached hydrogens (tertiary/aromatic N) is 3. The van der Waals surface area contributed by atoms with E-state index in [1.807, 2.05) is 0 Å². The van der Waals surface area contributed by atoms with Crippen molar-refractivity contribution in [3.05, 3.63) is 12.4 Å². The molecule has 1 aromatic heterocycles. The van der Waals surface area contributed by atoms with E-state index in [0.29, 0.717) is 18.7 Å². The molecule has 1 atom stereocenters. The van der Waals surface area contributed by atoms with E-state index in [4.69, 9.17) is 5.11 Å². The minimum absolute atomic E-state index is 0.356. The molecule has 0 aliphatic heterocycles. The molecule has 1 aromatic rings. The fourth-order valence-electron chi connectivity index (χ4n) is 1.37. The van der Waals surface area contributed by atoms with E-state index in [2.05, 4.69) is 10.4 Å². The summed E-state index contributed by atoms with van der Waals surface area (Å²) >= 11 is 0. The highest BCUT2D eigenvalue weighted by atomic mass is 19.3. The van der Waals surface area contributed by atoms with Crippen molar-refractivity contribution in [1.29, 1.82) is 0 Å². The second-order valence-corrected chi connectivity index (χ2v) is 4.33. The lowest BCUT2D eigenvalue weighted by Crippen LogP contribution is -2.33. The van der Waals surface area contributed by atoms with Crippen molar-refractivity contribution in [3.8, 4) is 0 Å². The molecular formula is C11H18F2N4O2. The monoisotopic (exact) mass is 276 g/mol. The zero-order valence-corrected chi connectivity index (χ0v) is 10.9. The van der Waals surface area contributed by atoms with Crippen molar-refractivity contribution < 1.29 is 18.7 Å². The highest BCUT2D eigenvalue weighted by Gasteiger charge is 2.11. The first-order valence-corrected chi connectivity index (χ1v) is 5.89. The minimum atomic E-state index is -2.49. The van der Waals surface area contributed by atoms with Gasteiger partial charge in [-0.25, -0.2) is 13.6 Å². The topological polar surface area (TPSA) is 70.4 Å². The molecule has 19 heavy (non-hydrogen) atoms. The van der Waals surface area contributed by atoms with E-state index < -0.39 is 19.1 Å². The van der Waals surface area contributed by atoms with Gasteiger partial charge in [0.2, 0.25) is 0 Å². The summed E-state index contributed by atoms with van der Waals surface area (Å²) in [6.45, 7) is 1.53. The van der Waals surface area contributed by atoms with Gasteiger partial charge >= 0.3 is 6.03 Å². The molecule has 0 aliphatic rings. The van der Waals surface area contributed by atoms with Crippen LogP contribution in [-0.2, 0) is 6.54 Å². The summed E-state index contributed by atoms with van der Waals surface area (Å²) in [6, 6.07) is -0.378. The van der Waals surface area contributed by atoms with E-state index in [1.54, 1.807) is 14.0 Å². The number of aromatic nitrogens is 2. The molecule has 2 amide bonds. The number of carbonyl (C=O) groups is 1. The largest absolute Gasteiger partial charge is 0.393 e. The van der Waals surface area contributed by atoms with E-state index in [-0.39, 0.29) is 6.03 Å². The fourth-order valence-corrected chi connectivity index (χ4v) is 1.37. The van der Waals surface area contributed by atoms with Crippen LogP contribution in [0.5, 0.6) is 0 Å². The summed E-state index contributed by atoms with van der Waals surface area (Å²) in [5, 5.41) is 15.4. The first-order chi connectivity index (χ1) is 8.88. The number of hydrogen-bond acceptors (Lipinski definition) is 3. The Morgan fingerprint density at radius 2 is 2.32 bits per heavy atom. The quantitative estimate of drug-likeness (QED) is 0.824. The average Bonchev–Trinajstić information content (AvgIpc) is 2.72. The molecule has 0 radical (unpaired) electrons. The van der Waals surface area contributed by atoms with E-state index in [1.165, 1.54) is 17.3 Å². The third-order valence-corrected chi connectivity index (χ3v) is 2.44. The number of rotatable bonds is 6. The lowest BCUT2D eigenvalue weighted by Gasteiger charge is -2.17. The standard InChI is InChI=1S/C11H18F2N4O2/c1-8(18)3-4-16(2)11(19)15-9-5-14-17(6-9)7-10(12)13/h5-6,8,10,18H,3-4,7H2,1-2H3,(H,15,19). The predicted octanol–water partition coefficient (Wildman–Crippen LogP) is 1.38. The lowest BCUT2D eigenvalue weighted by atomic mass is 10.3. The normalized spacial score (nSPS) is 12.5. The molecule has 108 valence electrons. The number of aliphatic hydroxyl groups excluding tert-OH is 1. The fraction of sp³-hybridized carbons (Fsp3) is 0.636. The molecular weight excluding hydrogens is 258 g/mol. The molecule has 8 heteroatoms. The first kappa shape index (κ1) is 15.4. The summed E-state index contributed by atoms with van der Waals surface area (Å²) in [6.07, 6.45) is 0.144. The lowest BCUT2D eigenvalue weighted by molar-refractivity contribution is 0.122. The van der Waals surface area contributed by atoms with Gasteiger partial charge in [-0.2, -0.15) is 5.10 Å². The molecule has 2 N–H and O–H groups in total. The van der Waals surface area contributed by atoms with Crippen LogP contribution < -0.4 is 5.32 Å². The minimum Gasteiger partial charge on any atom is -0.393 e. The maximum atomic E-state index is 12.1. The SMILES string of the molecule is CC(O)CCN(C)C(=O)Nc1cnn(CC(F)F)c1. The van der Waals surface area contributed by atoms with Crippen LogP contribution in [0.25, 0.3) is 0 Å². The summed E-state index contributed by atoms with van der Waals surface area (Å²) in [5.74, 6) is 0. The third kappa shape index (κ3) is 5.64. The molecule has 0 aromatic carbocycles. The smallest absolute Gasteiger partial charge is 0.321 e. The average molecular weight is 276 g/mol. The van der Waals surface area contributed by atoms with Crippen molar-refractivity contribution in [2.24, 2.45) is 0 Å². The Kier molecular flexibility index (Phi) is 5.68. The summed E-state index contributed by atoms with van der Waals surface area (Å²) in [7, 11) is 1.58. The zero-order chi connectivity index (χ0) is 14.4. The summed E-state index contributed by atoms with van der Waals surface area (Å²) < 4.78 is 25.3. The number of hydrogen-bond donors (Lipinski definition) is 2. The third-order valence-electron chi connectivity index (χ3n) is 2.44. The second kappa shape index (κ2) is 7.03. The molecule has 1 heterocycles. The van der Waals surface area contributed by atoms with Gasteiger partial charge in [-0.15, -0.1) is 0 Å². The second-order valence-electron chi connectivity index (χ2n) is 4.33. The predicted molar refractivity (Wildman–Crippen MR) is 66.2 cm³/mol. The number of nitrogens with one attached hydrogen (secondary N) is 1. The highest BCUT2D eigenvalue weighted by Crippen LogP contribution is 2.08. The highest BCUT2D eigenvalue weighted by molar-refractivity contribution is 5.88. The van der Waals surface area contributed by atoms with Gasteiger partial charge in [0.05, 0.1) is 18.0 Å². The van der Waals surface area contributed by atoms with E-state index >= 15 is 0 Å². The molecule has 0 saturated heterocycles. The maximum absolute atomic E-state index is 12.1. The number of urea groups is 1. The van der Waals surface area contributed by atoms with Crippen molar-refractivity contribution in [2.45, 2.75) is 32.4 Å². The van der Waals surface area contributed by atoms with Gasteiger partial charge in [0.25, 0.3) is 6.43 Å². The van der Waals surface area contributed by atoms with Crippen LogP contribution in [0, 0.1) is 0 Å². The summed E-state index contributed by atoms with van der Waals surface area (Å²) in [5.41, 5.74) is 0.356. The van der Waals surface area contributed by atoms with Crippen molar-refractivity contribution in [1.82, 2.24) is 14.7 Å².